The zero-order chi connectivity index (χ0) is 22.2. The third-order valence-corrected chi connectivity index (χ3v) is 4.40. The molecule has 2 amide bonds. The van der Waals surface area contributed by atoms with E-state index in [4.69, 9.17) is 4.74 Å². The van der Waals surface area contributed by atoms with Crippen molar-refractivity contribution in [3.8, 4) is 17.3 Å². The molecule has 31 heavy (non-hydrogen) atoms. The molecule has 1 aliphatic rings. The Hall–Kier alpha value is -3.83. The maximum absolute atomic E-state index is 13.3. The lowest BCUT2D eigenvalue weighted by molar-refractivity contribution is -0.159. The van der Waals surface area contributed by atoms with Crippen LogP contribution in [0.3, 0.4) is 0 Å². The standard InChI is InChI=1S/C19H12F4N4O4/c20-12-3-1-2-10(8-12)16(28)27-7-6-13(17(27)29)30-14-5-4-11(9-24-14)15-25-18(31-26-15)19(21,22)23/h1-5,8-9,13H,6-7H2/t13-/m1/s1. The lowest BCUT2D eigenvalue weighted by atomic mass is 10.2. The second kappa shape index (κ2) is 7.78. The number of amides is 2. The van der Waals surface area contributed by atoms with Gasteiger partial charge in [0.25, 0.3) is 11.8 Å². The molecule has 0 spiro atoms. The van der Waals surface area contributed by atoms with Crippen molar-refractivity contribution in [2.75, 3.05) is 6.54 Å². The molecule has 1 saturated heterocycles. The van der Waals surface area contributed by atoms with Gasteiger partial charge >= 0.3 is 12.1 Å². The van der Waals surface area contributed by atoms with E-state index in [-0.39, 0.29) is 35.8 Å². The number of alkyl halides is 3. The Balaban J connectivity index is 1.42. The summed E-state index contributed by atoms with van der Waals surface area (Å²) in [6.45, 7) is 0.0833. The fraction of sp³-hybridized carbons (Fsp3) is 0.211. The van der Waals surface area contributed by atoms with Crippen LogP contribution in [0.5, 0.6) is 5.88 Å². The highest BCUT2D eigenvalue weighted by Crippen LogP contribution is 2.29. The van der Waals surface area contributed by atoms with E-state index in [1.54, 1.807) is 0 Å². The maximum Gasteiger partial charge on any atom is 0.471 e. The van der Waals surface area contributed by atoms with Crippen LogP contribution in [0.2, 0.25) is 0 Å². The molecule has 12 heteroatoms. The number of nitrogens with zero attached hydrogens (tertiary/aromatic N) is 4. The largest absolute Gasteiger partial charge is 0.471 e. The molecule has 3 heterocycles. The molecule has 0 bridgehead atoms. The Labute approximate surface area is 171 Å². The number of halogens is 4. The topological polar surface area (TPSA) is 98.4 Å². The third-order valence-electron chi connectivity index (χ3n) is 4.40. The molecule has 3 aromatic rings. The van der Waals surface area contributed by atoms with Crippen LogP contribution < -0.4 is 4.74 Å². The minimum Gasteiger partial charge on any atom is -0.464 e. The highest BCUT2D eigenvalue weighted by atomic mass is 19.4. The van der Waals surface area contributed by atoms with Gasteiger partial charge < -0.3 is 9.26 Å². The number of likely N-dealkylation sites (tertiary alicyclic amines) is 1. The van der Waals surface area contributed by atoms with Crippen LogP contribution in [0.25, 0.3) is 11.4 Å². The van der Waals surface area contributed by atoms with Crippen LogP contribution in [-0.4, -0.2) is 44.5 Å². The van der Waals surface area contributed by atoms with Gasteiger partial charge in [-0.1, -0.05) is 11.2 Å². The maximum atomic E-state index is 13.3. The van der Waals surface area contributed by atoms with Gasteiger partial charge in [-0.2, -0.15) is 18.2 Å². The molecular weight excluding hydrogens is 424 g/mol. The Morgan fingerprint density at radius 1 is 1.23 bits per heavy atom. The minimum absolute atomic E-state index is 0.0155. The van der Waals surface area contributed by atoms with Crippen molar-refractivity contribution in [1.29, 1.82) is 0 Å². The SMILES string of the molecule is O=C(c1cccc(F)c1)N1CC[C@@H](Oc2ccc(-c3noc(C(F)(F)F)n3)cn2)C1=O. The number of pyridine rings is 1. The van der Waals surface area contributed by atoms with Crippen molar-refractivity contribution < 1.29 is 36.4 Å². The molecule has 8 nitrogen and oxygen atoms in total. The van der Waals surface area contributed by atoms with Gasteiger partial charge in [-0.3, -0.25) is 14.5 Å². The van der Waals surface area contributed by atoms with Gasteiger partial charge in [0, 0.05) is 36.4 Å². The number of hydrogen-bond acceptors (Lipinski definition) is 7. The summed E-state index contributed by atoms with van der Waals surface area (Å²) in [4.78, 5) is 33.1. The first-order valence-electron chi connectivity index (χ1n) is 8.87. The van der Waals surface area contributed by atoms with Crippen molar-refractivity contribution in [3.05, 3.63) is 59.9 Å². The van der Waals surface area contributed by atoms with E-state index in [9.17, 15) is 27.2 Å². The van der Waals surface area contributed by atoms with Crippen molar-refractivity contribution >= 4 is 11.8 Å². The number of rotatable bonds is 4. The summed E-state index contributed by atoms with van der Waals surface area (Å²) < 4.78 is 60.7. The minimum atomic E-state index is -4.76. The van der Waals surface area contributed by atoms with Crippen molar-refractivity contribution in [3.63, 3.8) is 0 Å². The van der Waals surface area contributed by atoms with Gasteiger partial charge in [0.15, 0.2) is 6.10 Å². The fourth-order valence-corrected chi connectivity index (χ4v) is 2.93. The van der Waals surface area contributed by atoms with Crippen LogP contribution in [0.4, 0.5) is 17.6 Å². The molecule has 1 aromatic carbocycles. The Morgan fingerprint density at radius 3 is 2.68 bits per heavy atom. The van der Waals surface area contributed by atoms with Crippen LogP contribution in [-0.2, 0) is 11.0 Å². The quantitative estimate of drug-likeness (QED) is 0.458. The lowest BCUT2D eigenvalue weighted by Gasteiger charge is -2.15. The van der Waals surface area contributed by atoms with Gasteiger partial charge in [-0.25, -0.2) is 9.37 Å². The molecule has 1 fully saturated rings. The van der Waals surface area contributed by atoms with E-state index in [1.807, 2.05) is 0 Å². The summed E-state index contributed by atoms with van der Waals surface area (Å²) in [5.74, 6) is -3.62. The summed E-state index contributed by atoms with van der Waals surface area (Å²) in [6.07, 6.45) is -4.39. The van der Waals surface area contributed by atoms with Crippen LogP contribution in [0.15, 0.2) is 47.1 Å². The third kappa shape index (κ3) is 4.22. The smallest absolute Gasteiger partial charge is 0.464 e. The van der Waals surface area contributed by atoms with Gasteiger partial charge in [0.05, 0.1) is 0 Å². The lowest BCUT2D eigenvalue weighted by Crippen LogP contribution is -2.37. The Bertz CT molecular complexity index is 1130. The summed E-state index contributed by atoms with van der Waals surface area (Å²) in [6, 6.07) is 7.65. The molecule has 0 saturated carbocycles. The molecule has 0 N–H and O–H groups in total. The molecule has 2 aromatic heterocycles. The van der Waals surface area contributed by atoms with Gasteiger partial charge in [-0.05, 0) is 24.3 Å². The fourth-order valence-electron chi connectivity index (χ4n) is 2.93. The zero-order valence-corrected chi connectivity index (χ0v) is 15.5. The average Bonchev–Trinajstić information content (AvgIpc) is 3.36. The zero-order valence-electron chi connectivity index (χ0n) is 15.5. The Morgan fingerprint density at radius 2 is 2.03 bits per heavy atom. The molecular formula is C19H12F4N4O4. The Kier molecular flexibility index (Phi) is 5.13. The second-order valence-electron chi connectivity index (χ2n) is 6.51. The van der Waals surface area contributed by atoms with E-state index >= 15 is 0 Å². The number of hydrogen-bond donors (Lipinski definition) is 0. The van der Waals surface area contributed by atoms with Crippen LogP contribution in [0.1, 0.15) is 22.7 Å². The van der Waals surface area contributed by atoms with Gasteiger partial charge in [0.1, 0.15) is 5.82 Å². The first kappa shape index (κ1) is 20.4. The van der Waals surface area contributed by atoms with Crippen molar-refractivity contribution in [1.82, 2.24) is 20.0 Å². The first-order chi connectivity index (χ1) is 14.7. The van der Waals surface area contributed by atoms with Crippen LogP contribution in [0, 0.1) is 5.82 Å². The van der Waals surface area contributed by atoms with E-state index in [2.05, 4.69) is 19.6 Å². The number of imide groups is 1. The first-order valence-corrected chi connectivity index (χ1v) is 8.87. The summed E-state index contributed by atoms with van der Waals surface area (Å²) in [5.41, 5.74) is 0.182. The number of carbonyl (C=O) groups is 2. The summed E-state index contributed by atoms with van der Waals surface area (Å²) in [7, 11) is 0. The number of benzene rings is 1. The van der Waals surface area contributed by atoms with Gasteiger partial charge in [0.2, 0.25) is 11.7 Å². The average molecular weight is 436 g/mol. The van der Waals surface area contributed by atoms with Crippen molar-refractivity contribution in [2.45, 2.75) is 18.7 Å². The summed E-state index contributed by atoms with van der Waals surface area (Å²) >= 11 is 0. The number of aromatic nitrogens is 3. The van der Waals surface area contributed by atoms with Gasteiger partial charge in [-0.15, -0.1) is 0 Å². The molecule has 160 valence electrons. The normalized spacial score (nSPS) is 16.6. The van der Waals surface area contributed by atoms with E-state index in [1.165, 1.54) is 30.3 Å². The predicted octanol–water partition coefficient (Wildman–Crippen LogP) is 3.11. The van der Waals surface area contributed by atoms with Crippen LogP contribution >= 0.6 is 0 Å². The second-order valence-corrected chi connectivity index (χ2v) is 6.51. The molecule has 1 atom stereocenters. The number of ether oxygens (including phenoxy) is 1. The van der Waals surface area contributed by atoms with E-state index in [0.717, 1.165) is 17.2 Å². The van der Waals surface area contributed by atoms with Crippen molar-refractivity contribution in [2.24, 2.45) is 0 Å². The highest BCUT2D eigenvalue weighted by Gasteiger charge is 2.39. The number of carbonyl (C=O) groups excluding carboxylic acids is 2. The molecule has 0 aliphatic carbocycles. The molecule has 0 unspecified atom stereocenters. The molecule has 0 radical (unpaired) electrons. The predicted molar refractivity (Wildman–Crippen MR) is 94.0 cm³/mol. The van der Waals surface area contributed by atoms with E-state index < -0.39 is 35.8 Å². The van der Waals surface area contributed by atoms with E-state index in [0.29, 0.717) is 0 Å². The molecule has 4 rings (SSSR count). The summed E-state index contributed by atoms with van der Waals surface area (Å²) in [5, 5.41) is 3.25. The highest BCUT2D eigenvalue weighted by molar-refractivity contribution is 6.07. The monoisotopic (exact) mass is 436 g/mol. The molecule has 1 aliphatic heterocycles.